The molecule has 7 heteroatoms. The minimum absolute atomic E-state index is 0.0431. The molecule has 1 aromatic rings. The van der Waals surface area contributed by atoms with Crippen LogP contribution in [0.1, 0.15) is 45.1 Å². The number of sulfone groups is 1. The monoisotopic (exact) mass is 383 g/mol. The molecule has 0 aliphatic rings. The first-order valence-corrected chi connectivity index (χ1v) is 11.2. The zero-order chi connectivity index (χ0) is 19.6. The Hall–Kier alpha value is -1.76. The third-order valence-corrected chi connectivity index (χ3v) is 5.14. The average Bonchev–Trinajstić information content (AvgIpc) is 2.59. The number of nitrogens with zero attached hydrogens (tertiary/aromatic N) is 1. The fraction of sp³-hybridized carbons (Fsp3) is 0.632. The predicted octanol–water partition coefficient (Wildman–Crippen LogP) is 2.57. The lowest BCUT2D eigenvalue weighted by Crippen LogP contribution is -2.43. The van der Waals surface area contributed by atoms with Gasteiger partial charge in [0.05, 0.1) is 12.9 Å². The zero-order valence-corrected chi connectivity index (χ0v) is 17.4. The molecule has 6 nitrogen and oxygen atoms in total. The smallest absolute Gasteiger partial charge is 0.191 e. The van der Waals surface area contributed by atoms with Crippen molar-refractivity contribution in [1.82, 2.24) is 10.6 Å². The van der Waals surface area contributed by atoms with Crippen LogP contribution < -0.4 is 15.4 Å². The van der Waals surface area contributed by atoms with Crippen LogP contribution >= 0.6 is 0 Å². The minimum atomic E-state index is -2.94. The topological polar surface area (TPSA) is 79.8 Å². The third kappa shape index (κ3) is 9.08. The number of nitrogens with one attached hydrogen (secondary N) is 2. The lowest BCUT2D eigenvalue weighted by Gasteiger charge is -2.18. The fourth-order valence-electron chi connectivity index (χ4n) is 2.49. The van der Waals surface area contributed by atoms with E-state index < -0.39 is 9.84 Å². The lowest BCUT2D eigenvalue weighted by molar-refractivity contribution is 0.414. The van der Waals surface area contributed by atoms with Gasteiger partial charge < -0.3 is 15.4 Å². The second kappa shape index (κ2) is 11.1. The van der Waals surface area contributed by atoms with Gasteiger partial charge in [-0.1, -0.05) is 19.1 Å². The Balaban J connectivity index is 2.53. The van der Waals surface area contributed by atoms with Crippen molar-refractivity contribution in [2.75, 3.05) is 32.2 Å². The first kappa shape index (κ1) is 22.3. The summed E-state index contributed by atoms with van der Waals surface area (Å²) in [7, 11) is -1.27. The van der Waals surface area contributed by atoms with E-state index in [-0.39, 0.29) is 11.8 Å². The van der Waals surface area contributed by atoms with E-state index in [2.05, 4.69) is 34.7 Å². The molecule has 0 aliphatic carbocycles. The van der Waals surface area contributed by atoms with Gasteiger partial charge in [0.1, 0.15) is 15.6 Å². The Labute approximate surface area is 158 Å². The van der Waals surface area contributed by atoms with Gasteiger partial charge in [-0.15, -0.1) is 0 Å². The number of hydrogen-bond donors (Lipinski definition) is 2. The van der Waals surface area contributed by atoms with Crippen LogP contribution in [-0.2, 0) is 9.84 Å². The molecule has 0 radical (unpaired) electrons. The molecule has 0 saturated heterocycles. The molecule has 0 bridgehead atoms. The van der Waals surface area contributed by atoms with E-state index in [1.54, 1.807) is 7.11 Å². The molecular formula is C19H33N3O3S. The van der Waals surface area contributed by atoms with Crippen molar-refractivity contribution in [2.24, 2.45) is 4.99 Å². The van der Waals surface area contributed by atoms with Gasteiger partial charge in [-0.25, -0.2) is 8.42 Å². The molecule has 0 heterocycles. The largest absolute Gasteiger partial charge is 0.497 e. The summed E-state index contributed by atoms with van der Waals surface area (Å²) in [5.74, 6) is 2.17. The van der Waals surface area contributed by atoms with Crippen molar-refractivity contribution in [2.45, 2.75) is 45.6 Å². The minimum Gasteiger partial charge on any atom is -0.497 e. The first-order valence-electron chi connectivity index (χ1n) is 9.11. The molecule has 2 unspecified atom stereocenters. The number of rotatable bonds is 10. The average molecular weight is 384 g/mol. The van der Waals surface area contributed by atoms with Crippen molar-refractivity contribution in [3.05, 3.63) is 29.8 Å². The number of ether oxygens (including phenoxy) is 1. The van der Waals surface area contributed by atoms with Gasteiger partial charge in [0.2, 0.25) is 0 Å². The maximum atomic E-state index is 11.3. The molecule has 1 aromatic carbocycles. The number of methoxy groups -OCH3 is 1. The molecule has 0 aliphatic heterocycles. The van der Waals surface area contributed by atoms with Crippen molar-refractivity contribution < 1.29 is 13.2 Å². The zero-order valence-electron chi connectivity index (χ0n) is 16.6. The van der Waals surface area contributed by atoms with Crippen LogP contribution in [0, 0.1) is 0 Å². The normalized spacial score (nSPS) is 14.6. The Morgan fingerprint density at radius 2 is 1.85 bits per heavy atom. The molecule has 0 fully saturated rings. The highest BCUT2D eigenvalue weighted by atomic mass is 32.2. The van der Waals surface area contributed by atoms with E-state index in [4.69, 9.17) is 4.74 Å². The first-order chi connectivity index (χ1) is 12.2. The van der Waals surface area contributed by atoms with Crippen LogP contribution in [0.25, 0.3) is 0 Å². The van der Waals surface area contributed by atoms with E-state index in [0.717, 1.165) is 24.7 Å². The summed E-state index contributed by atoms with van der Waals surface area (Å²) in [6, 6.07) is 8.17. The van der Waals surface area contributed by atoms with Gasteiger partial charge >= 0.3 is 0 Å². The Morgan fingerprint density at radius 1 is 1.19 bits per heavy atom. The summed E-state index contributed by atoms with van der Waals surface area (Å²) >= 11 is 0. The molecule has 1 rings (SSSR count). The summed E-state index contributed by atoms with van der Waals surface area (Å²) in [6.45, 7) is 7.63. The fourth-order valence-corrected chi connectivity index (χ4v) is 3.27. The van der Waals surface area contributed by atoms with Gasteiger partial charge in [-0.3, -0.25) is 4.99 Å². The molecule has 26 heavy (non-hydrogen) atoms. The molecule has 0 aromatic heterocycles. The van der Waals surface area contributed by atoms with Gasteiger partial charge in [-0.2, -0.15) is 0 Å². The van der Waals surface area contributed by atoms with Crippen LogP contribution in [0.3, 0.4) is 0 Å². The van der Waals surface area contributed by atoms with Crippen molar-refractivity contribution in [1.29, 1.82) is 0 Å². The third-order valence-electron chi connectivity index (χ3n) is 4.17. The highest BCUT2D eigenvalue weighted by Gasteiger charge is 2.10. The Bertz CT molecular complexity index is 657. The van der Waals surface area contributed by atoms with Crippen LogP contribution in [0.4, 0.5) is 0 Å². The Kier molecular flexibility index (Phi) is 9.48. The standard InChI is InChI=1S/C19H33N3O3S/c1-6-20-19(22-16(3)12-14-26(5,23)24)21-13-11-15(2)17-7-9-18(25-4)10-8-17/h7-10,15-16H,6,11-14H2,1-5H3,(H2,20,21,22). The quantitative estimate of drug-likeness (QED) is 0.479. The second-order valence-electron chi connectivity index (χ2n) is 6.69. The van der Waals surface area contributed by atoms with Crippen LogP contribution in [0.2, 0.25) is 0 Å². The van der Waals surface area contributed by atoms with Crippen LogP contribution in [0.5, 0.6) is 5.75 Å². The molecule has 0 spiro atoms. The van der Waals surface area contributed by atoms with E-state index in [0.29, 0.717) is 18.9 Å². The van der Waals surface area contributed by atoms with E-state index in [9.17, 15) is 8.42 Å². The summed E-state index contributed by atoms with van der Waals surface area (Å²) in [6.07, 6.45) is 2.76. The number of aliphatic imine (C=N–C) groups is 1. The van der Waals surface area contributed by atoms with E-state index in [1.807, 2.05) is 26.0 Å². The molecule has 148 valence electrons. The maximum Gasteiger partial charge on any atom is 0.191 e. The number of hydrogen-bond acceptors (Lipinski definition) is 4. The molecule has 0 amide bonds. The van der Waals surface area contributed by atoms with E-state index in [1.165, 1.54) is 11.8 Å². The highest BCUT2D eigenvalue weighted by Crippen LogP contribution is 2.21. The van der Waals surface area contributed by atoms with Gasteiger partial charge in [0.25, 0.3) is 0 Å². The predicted molar refractivity (Wildman–Crippen MR) is 109 cm³/mol. The van der Waals surface area contributed by atoms with Crippen molar-refractivity contribution in [3.63, 3.8) is 0 Å². The van der Waals surface area contributed by atoms with Gasteiger partial charge in [-0.05, 0) is 50.3 Å². The van der Waals surface area contributed by atoms with Gasteiger partial charge in [0.15, 0.2) is 5.96 Å². The summed E-state index contributed by atoms with van der Waals surface area (Å²) < 4.78 is 27.8. The highest BCUT2D eigenvalue weighted by molar-refractivity contribution is 7.90. The molecule has 0 saturated carbocycles. The Morgan fingerprint density at radius 3 is 2.38 bits per heavy atom. The molecule has 2 N–H and O–H groups in total. The van der Waals surface area contributed by atoms with Gasteiger partial charge in [0, 0.05) is 25.4 Å². The lowest BCUT2D eigenvalue weighted by atomic mass is 9.98. The summed E-state index contributed by atoms with van der Waals surface area (Å²) in [5, 5.41) is 6.49. The van der Waals surface area contributed by atoms with Crippen LogP contribution in [-0.4, -0.2) is 52.6 Å². The SMILES string of the molecule is CCNC(=NCCC(C)c1ccc(OC)cc1)NC(C)CCS(C)(=O)=O. The second-order valence-corrected chi connectivity index (χ2v) is 8.95. The summed E-state index contributed by atoms with van der Waals surface area (Å²) in [5.41, 5.74) is 1.26. The maximum absolute atomic E-state index is 11.3. The van der Waals surface area contributed by atoms with Crippen LogP contribution in [0.15, 0.2) is 29.3 Å². The number of benzene rings is 1. The summed E-state index contributed by atoms with van der Waals surface area (Å²) in [4.78, 5) is 4.62. The molecular weight excluding hydrogens is 350 g/mol. The van der Waals surface area contributed by atoms with Crippen molar-refractivity contribution >= 4 is 15.8 Å². The van der Waals surface area contributed by atoms with E-state index >= 15 is 0 Å². The number of guanidine groups is 1. The van der Waals surface area contributed by atoms with Crippen molar-refractivity contribution in [3.8, 4) is 5.75 Å². The molecule has 2 atom stereocenters.